The number of aryl methyl sites for hydroxylation is 1. The monoisotopic (exact) mass is 285 g/mol. The Bertz CT molecular complexity index is 588. The molecule has 4 N–H and O–H groups in total. The molecule has 2 aromatic heterocycles. The lowest BCUT2D eigenvalue weighted by molar-refractivity contribution is -0.156. The van der Waals surface area contributed by atoms with Crippen molar-refractivity contribution in [3.05, 3.63) is 5.69 Å². The molecule has 0 aliphatic heterocycles. The van der Waals surface area contributed by atoms with Crippen LogP contribution in [0.2, 0.25) is 0 Å². The molecule has 0 bridgehead atoms. The number of fused-ring (bicyclic) bond motifs is 1. The van der Waals surface area contributed by atoms with Crippen molar-refractivity contribution in [2.24, 2.45) is 0 Å². The lowest BCUT2D eigenvalue weighted by atomic mass is 10.4. The molecule has 0 spiro atoms. The van der Waals surface area contributed by atoms with Crippen LogP contribution in [0.5, 0.6) is 0 Å². The Kier molecular flexibility index (Phi) is 4.20. The summed E-state index contributed by atoms with van der Waals surface area (Å²) in [6.45, 7) is 1.92. The van der Waals surface area contributed by atoms with Gasteiger partial charge in [0.15, 0.2) is 10.8 Å². The highest BCUT2D eigenvalue weighted by molar-refractivity contribution is 7.80. The number of hydrogen-bond donors (Lipinski definition) is 4. The molecule has 0 saturated heterocycles. The maximum absolute atomic E-state index is 9.97. The second-order valence-corrected chi connectivity index (χ2v) is 4.30. The normalized spacial score (nSPS) is 13.1. The van der Waals surface area contributed by atoms with Crippen molar-refractivity contribution >= 4 is 29.7 Å². The van der Waals surface area contributed by atoms with E-state index in [1.165, 1.54) is 4.57 Å². The minimum absolute atomic E-state index is 0.0145. The van der Waals surface area contributed by atoms with Gasteiger partial charge in [0.1, 0.15) is 5.52 Å². The van der Waals surface area contributed by atoms with E-state index in [-0.39, 0.29) is 24.3 Å². The fourth-order valence-electron chi connectivity index (χ4n) is 1.65. The first-order valence-electron chi connectivity index (χ1n) is 5.66. The van der Waals surface area contributed by atoms with Gasteiger partial charge in [-0.05, 0) is 13.3 Å². The molecule has 8 nitrogen and oxygen atoms in total. The third-order valence-corrected chi connectivity index (χ3v) is 2.82. The van der Waals surface area contributed by atoms with Crippen molar-refractivity contribution in [1.29, 1.82) is 0 Å². The van der Waals surface area contributed by atoms with Gasteiger partial charge < -0.3 is 20.7 Å². The molecule has 0 saturated carbocycles. The van der Waals surface area contributed by atoms with Crippen molar-refractivity contribution in [1.82, 2.24) is 19.5 Å². The highest BCUT2D eigenvalue weighted by atomic mass is 32.1. The third-order valence-electron chi connectivity index (χ3n) is 2.50. The number of nitrogens with two attached hydrogens (primary N) is 1. The number of hydrogen-bond acceptors (Lipinski definition) is 8. The molecule has 1 unspecified atom stereocenters. The zero-order chi connectivity index (χ0) is 14.0. The third kappa shape index (κ3) is 2.78. The largest absolute Gasteiger partial charge is 0.396 e. The zero-order valence-electron chi connectivity index (χ0n) is 10.3. The van der Waals surface area contributed by atoms with Crippen LogP contribution in [-0.2, 0) is 4.74 Å². The van der Waals surface area contributed by atoms with Crippen molar-refractivity contribution in [3.63, 3.8) is 0 Å². The van der Waals surface area contributed by atoms with E-state index in [1.807, 2.05) is 0 Å². The molecule has 0 amide bonds. The van der Waals surface area contributed by atoms with Gasteiger partial charge in [-0.15, -0.1) is 12.6 Å². The number of imidazole rings is 1. The van der Waals surface area contributed by atoms with Gasteiger partial charge in [0, 0.05) is 6.61 Å². The minimum Gasteiger partial charge on any atom is -0.396 e. The maximum Gasteiger partial charge on any atom is 0.245 e. The first kappa shape index (κ1) is 14.0. The molecule has 9 heteroatoms. The summed E-state index contributed by atoms with van der Waals surface area (Å²) < 4.78 is 6.47. The predicted octanol–water partition coefficient (Wildman–Crippen LogP) is -0.147. The Morgan fingerprint density at radius 3 is 2.84 bits per heavy atom. The number of anilines is 1. The van der Waals surface area contributed by atoms with Gasteiger partial charge in [0.2, 0.25) is 12.4 Å². The van der Waals surface area contributed by atoms with Crippen molar-refractivity contribution in [3.8, 4) is 0 Å². The number of ether oxygens (including phenoxy) is 1. The quantitative estimate of drug-likeness (QED) is 0.343. The van der Waals surface area contributed by atoms with Crippen LogP contribution in [0.1, 0.15) is 18.5 Å². The SMILES string of the molecule is Cc1nc(N)nc2c1nc(S)n2C(O)OCCCO. The molecule has 2 heterocycles. The summed E-state index contributed by atoms with van der Waals surface area (Å²) in [6, 6.07) is 0. The predicted molar refractivity (Wildman–Crippen MR) is 70.6 cm³/mol. The number of rotatable bonds is 5. The topological polar surface area (TPSA) is 119 Å². The summed E-state index contributed by atoms with van der Waals surface area (Å²) in [7, 11) is 0. The van der Waals surface area contributed by atoms with Gasteiger partial charge in [-0.2, -0.15) is 4.98 Å². The molecule has 0 aliphatic rings. The van der Waals surface area contributed by atoms with Crippen molar-refractivity contribution in [2.45, 2.75) is 24.9 Å². The molecule has 0 aliphatic carbocycles. The standard InChI is InChI=1S/C10H15N5O3S/c1-5-6-7(14-8(11)12-5)15(9(19)13-6)10(17)18-4-2-3-16/h10,16-17H,2-4H2,1H3,(H,13,19)(H2,11,12,14). The van der Waals surface area contributed by atoms with Crippen LogP contribution in [0.25, 0.3) is 11.2 Å². The van der Waals surface area contributed by atoms with Crippen LogP contribution in [-0.4, -0.2) is 42.9 Å². The Labute approximate surface area is 114 Å². The van der Waals surface area contributed by atoms with E-state index in [1.54, 1.807) is 6.92 Å². The fraction of sp³-hybridized carbons (Fsp3) is 0.500. The van der Waals surface area contributed by atoms with Crippen LogP contribution in [0.15, 0.2) is 5.16 Å². The second kappa shape index (κ2) is 5.70. The van der Waals surface area contributed by atoms with Crippen molar-refractivity contribution < 1.29 is 14.9 Å². The van der Waals surface area contributed by atoms with Gasteiger partial charge in [-0.3, -0.25) is 4.57 Å². The highest BCUT2D eigenvalue weighted by Crippen LogP contribution is 2.23. The van der Waals surface area contributed by atoms with E-state index in [9.17, 15) is 5.11 Å². The average Bonchev–Trinajstić information content (AvgIpc) is 2.66. The van der Waals surface area contributed by atoms with Gasteiger partial charge in [-0.1, -0.05) is 0 Å². The summed E-state index contributed by atoms with van der Waals surface area (Å²) in [6.07, 6.45) is -0.875. The summed E-state index contributed by atoms with van der Waals surface area (Å²) in [5, 5.41) is 18.9. The Hall–Kier alpha value is -1.42. The van der Waals surface area contributed by atoms with Gasteiger partial charge in [-0.25, -0.2) is 9.97 Å². The minimum atomic E-state index is -1.29. The molecule has 0 fully saturated rings. The molecule has 0 aromatic carbocycles. The highest BCUT2D eigenvalue weighted by Gasteiger charge is 2.19. The molecule has 1 atom stereocenters. The van der Waals surface area contributed by atoms with Crippen LogP contribution in [0.3, 0.4) is 0 Å². The number of nitrogen functional groups attached to an aromatic ring is 1. The smallest absolute Gasteiger partial charge is 0.245 e. The van der Waals surface area contributed by atoms with E-state index < -0.39 is 6.41 Å². The van der Waals surface area contributed by atoms with Crippen molar-refractivity contribution in [2.75, 3.05) is 18.9 Å². The lowest BCUT2D eigenvalue weighted by Crippen LogP contribution is -2.15. The van der Waals surface area contributed by atoms with Crippen LogP contribution < -0.4 is 5.73 Å². The fourth-order valence-corrected chi connectivity index (χ4v) is 1.95. The molecular weight excluding hydrogens is 270 g/mol. The van der Waals surface area contributed by atoms with E-state index in [4.69, 9.17) is 15.6 Å². The van der Waals surface area contributed by atoms with Crippen LogP contribution in [0.4, 0.5) is 5.95 Å². The number of aliphatic hydroxyl groups is 2. The summed E-state index contributed by atoms with van der Waals surface area (Å²) in [4.78, 5) is 12.2. The number of nitrogens with zero attached hydrogens (tertiary/aromatic N) is 4. The maximum atomic E-state index is 9.97. The average molecular weight is 285 g/mol. The van der Waals surface area contributed by atoms with Crippen LogP contribution in [0, 0.1) is 6.92 Å². The van der Waals surface area contributed by atoms with Gasteiger partial charge >= 0.3 is 0 Å². The van der Waals surface area contributed by atoms with E-state index in [0.29, 0.717) is 23.3 Å². The summed E-state index contributed by atoms with van der Waals surface area (Å²) >= 11 is 4.18. The van der Waals surface area contributed by atoms with E-state index in [2.05, 4.69) is 27.6 Å². The Morgan fingerprint density at radius 2 is 2.16 bits per heavy atom. The Morgan fingerprint density at radius 1 is 1.42 bits per heavy atom. The van der Waals surface area contributed by atoms with Gasteiger partial charge in [0.05, 0.1) is 12.3 Å². The Balaban J connectivity index is 2.39. The second-order valence-electron chi connectivity index (χ2n) is 3.90. The molecule has 2 rings (SSSR count). The first-order chi connectivity index (χ1) is 9.04. The number of aliphatic hydroxyl groups excluding tert-OH is 2. The first-order valence-corrected chi connectivity index (χ1v) is 6.11. The molecule has 104 valence electrons. The molecule has 2 aromatic rings. The van der Waals surface area contributed by atoms with E-state index in [0.717, 1.165) is 0 Å². The zero-order valence-corrected chi connectivity index (χ0v) is 11.2. The van der Waals surface area contributed by atoms with Gasteiger partial charge in [0.25, 0.3) is 0 Å². The van der Waals surface area contributed by atoms with E-state index >= 15 is 0 Å². The molecule has 0 radical (unpaired) electrons. The van der Waals surface area contributed by atoms with Crippen LogP contribution >= 0.6 is 12.6 Å². The summed E-state index contributed by atoms with van der Waals surface area (Å²) in [5.74, 6) is 0.0852. The number of aromatic nitrogens is 4. The summed E-state index contributed by atoms with van der Waals surface area (Å²) in [5.41, 5.74) is 7.03. The molecule has 19 heavy (non-hydrogen) atoms. The lowest BCUT2D eigenvalue weighted by Gasteiger charge is -2.14. The molecular formula is C10H15N5O3S. The number of thiol groups is 1.